The Bertz CT molecular complexity index is 1040. The first-order valence-corrected chi connectivity index (χ1v) is 8.11. The van der Waals surface area contributed by atoms with E-state index >= 15 is 0 Å². The molecule has 0 aromatic heterocycles. The summed E-state index contributed by atoms with van der Waals surface area (Å²) < 4.78 is 5.90. The molecule has 4 rings (SSSR count). The average Bonchev–Trinajstić information content (AvgIpc) is 2.55. The van der Waals surface area contributed by atoms with Gasteiger partial charge in [0, 0.05) is 23.1 Å². The second-order valence-corrected chi connectivity index (χ2v) is 6.52. The summed E-state index contributed by atoms with van der Waals surface area (Å²) in [5, 5.41) is 10.8. The molecule has 120 valence electrons. The Morgan fingerprint density at radius 1 is 1.17 bits per heavy atom. The predicted molar refractivity (Wildman–Crippen MR) is 96.3 cm³/mol. The molecule has 1 heterocycles. The Kier molecular flexibility index (Phi) is 3.31. The fourth-order valence-electron chi connectivity index (χ4n) is 3.44. The maximum atomic E-state index is 11.8. The van der Waals surface area contributed by atoms with Gasteiger partial charge in [-0.15, -0.1) is 0 Å². The van der Waals surface area contributed by atoms with Crippen LogP contribution in [-0.4, -0.2) is 5.11 Å². The summed E-state index contributed by atoms with van der Waals surface area (Å²) in [6, 6.07) is 10.1. The molecule has 2 aliphatic carbocycles. The van der Waals surface area contributed by atoms with Crippen LogP contribution in [0.3, 0.4) is 0 Å². The molecule has 0 spiro atoms. The van der Waals surface area contributed by atoms with Gasteiger partial charge in [-0.3, -0.25) is 4.79 Å². The molecule has 1 atom stereocenters. The zero-order valence-corrected chi connectivity index (χ0v) is 13.7. The largest absolute Gasteiger partial charge is 0.508 e. The molecule has 1 aromatic carbocycles. The topological polar surface area (TPSA) is 50.4 Å². The molecule has 1 N–H and O–H groups in total. The summed E-state index contributed by atoms with van der Waals surface area (Å²) in [7, 11) is 0. The van der Waals surface area contributed by atoms with E-state index in [1.807, 2.05) is 12.1 Å². The van der Waals surface area contributed by atoms with Crippen molar-refractivity contribution < 1.29 is 9.52 Å². The van der Waals surface area contributed by atoms with Gasteiger partial charge in [-0.1, -0.05) is 19.1 Å². The van der Waals surface area contributed by atoms with Gasteiger partial charge in [-0.25, -0.2) is 0 Å². The van der Waals surface area contributed by atoms with Crippen molar-refractivity contribution in [2.45, 2.75) is 20.3 Å². The van der Waals surface area contributed by atoms with Crippen molar-refractivity contribution in [1.82, 2.24) is 0 Å². The molecule has 1 aromatic rings. The highest BCUT2D eigenvalue weighted by molar-refractivity contribution is 5.99. The molecule has 0 fully saturated rings. The molecule has 0 unspecified atom stereocenters. The lowest BCUT2D eigenvalue weighted by atomic mass is 9.83. The second-order valence-electron chi connectivity index (χ2n) is 6.52. The lowest BCUT2D eigenvalue weighted by molar-refractivity contribution is 0.474. The molecule has 0 saturated carbocycles. The third-order valence-corrected chi connectivity index (χ3v) is 4.66. The summed E-state index contributed by atoms with van der Waals surface area (Å²) in [6.45, 7) is 4.31. The highest BCUT2D eigenvalue weighted by atomic mass is 16.3. The Labute approximate surface area is 139 Å². The molecule has 3 heteroatoms. The van der Waals surface area contributed by atoms with E-state index in [0.29, 0.717) is 17.3 Å². The van der Waals surface area contributed by atoms with E-state index in [1.165, 1.54) is 17.2 Å². The van der Waals surface area contributed by atoms with Crippen molar-refractivity contribution >= 4 is 16.5 Å². The van der Waals surface area contributed by atoms with Crippen LogP contribution in [0.2, 0.25) is 0 Å². The van der Waals surface area contributed by atoms with Crippen LogP contribution in [0.15, 0.2) is 63.3 Å². The SMILES string of the molecule is CC1=C(c2c3ccc(=O)cc-3oc3cc(O)ccc23)C[C@H](C)C=C1. The Morgan fingerprint density at radius 2 is 2.00 bits per heavy atom. The molecule has 1 aliphatic heterocycles. The maximum Gasteiger partial charge on any atom is 0.182 e. The van der Waals surface area contributed by atoms with Crippen molar-refractivity contribution in [2.75, 3.05) is 0 Å². The number of benzene rings is 2. The van der Waals surface area contributed by atoms with Crippen LogP contribution < -0.4 is 5.43 Å². The van der Waals surface area contributed by atoms with Crippen molar-refractivity contribution in [3.63, 3.8) is 0 Å². The summed E-state index contributed by atoms with van der Waals surface area (Å²) in [5.74, 6) is 1.16. The number of hydrogen-bond donors (Lipinski definition) is 1. The van der Waals surface area contributed by atoms with E-state index in [2.05, 4.69) is 26.0 Å². The quantitative estimate of drug-likeness (QED) is 0.644. The van der Waals surface area contributed by atoms with Crippen LogP contribution in [0.1, 0.15) is 25.8 Å². The first-order chi connectivity index (χ1) is 11.5. The van der Waals surface area contributed by atoms with Crippen molar-refractivity contribution in [1.29, 1.82) is 0 Å². The van der Waals surface area contributed by atoms with E-state index in [0.717, 1.165) is 22.9 Å². The van der Waals surface area contributed by atoms with Crippen LogP contribution in [0.4, 0.5) is 0 Å². The second kappa shape index (κ2) is 5.38. The lowest BCUT2D eigenvalue weighted by Crippen LogP contribution is -2.05. The zero-order chi connectivity index (χ0) is 16.8. The summed E-state index contributed by atoms with van der Waals surface area (Å²) >= 11 is 0. The molecule has 0 amide bonds. The van der Waals surface area contributed by atoms with Gasteiger partial charge in [0.15, 0.2) is 5.43 Å². The van der Waals surface area contributed by atoms with E-state index < -0.39 is 0 Å². The van der Waals surface area contributed by atoms with Crippen molar-refractivity contribution in [2.24, 2.45) is 5.92 Å². The molecule has 0 radical (unpaired) electrons. The maximum absolute atomic E-state index is 11.8. The third-order valence-electron chi connectivity index (χ3n) is 4.66. The molecule has 0 saturated heterocycles. The third kappa shape index (κ3) is 2.33. The number of allylic oxidation sites excluding steroid dienone is 4. The minimum atomic E-state index is -0.0840. The molecular weight excluding hydrogens is 300 g/mol. The van der Waals surface area contributed by atoms with E-state index in [-0.39, 0.29) is 11.2 Å². The van der Waals surface area contributed by atoms with Crippen molar-refractivity contribution in [3.8, 4) is 17.1 Å². The first-order valence-electron chi connectivity index (χ1n) is 8.11. The highest BCUT2D eigenvalue weighted by Gasteiger charge is 2.22. The fraction of sp³-hybridized carbons (Fsp3) is 0.190. The molecule has 24 heavy (non-hydrogen) atoms. The number of rotatable bonds is 1. The number of fused-ring (bicyclic) bond motifs is 2. The zero-order valence-electron chi connectivity index (χ0n) is 13.7. The standard InChI is InChI=1S/C21H18O3/c1-12-3-4-13(2)18(9-12)21-16-7-5-14(22)10-19(16)24-20-11-15(23)6-8-17(20)21/h3-8,10-12,22H,9H2,1-2H3/t12-/m1/s1. The van der Waals surface area contributed by atoms with Gasteiger partial charge >= 0.3 is 0 Å². The van der Waals surface area contributed by atoms with E-state index in [4.69, 9.17) is 4.42 Å². The predicted octanol–water partition coefficient (Wildman–Crippen LogP) is 4.97. The smallest absolute Gasteiger partial charge is 0.182 e. The van der Waals surface area contributed by atoms with Gasteiger partial charge in [-0.05, 0) is 60.2 Å². The lowest BCUT2D eigenvalue weighted by Gasteiger charge is -2.23. The molecular formula is C21H18O3. The fourth-order valence-corrected chi connectivity index (χ4v) is 3.44. The van der Waals surface area contributed by atoms with Gasteiger partial charge < -0.3 is 9.52 Å². The van der Waals surface area contributed by atoms with Crippen LogP contribution in [0.25, 0.3) is 27.9 Å². The molecule has 0 bridgehead atoms. The van der Waals surface area contributed by atoms with Gasteiger partial charge in [0.2, 0.25) is 0 Å². The molecule has 3 nitrogen and oxygen atoms in total. The molecule has 3 aliphatic rings. The normalized spacial score (nSPS) is 17.8. The van der Waals surface area contributed by atoms with E-state index in [1.54, 1.807) is 18.2 Å². The first kappa shape index (κ1) is 14.8. The summed E-state index contributed by atoms with van der Waals surface area (Å²) in [4.78, 5) is 11.8. The highest BCUT2D eigenvalue weighted by Crippen LogP contribution is 2.42. The van der Waals surface area contributed by atoms with Gasteiger partial charge in [-0.2, -0.15) is 0 Å². The van der Waals surface area contributed by atoms with Crippen LogP contribution in [0.5, 0.6) is 5.75 Å². The Morgan fingerprint density at radius 3 is 2.83 bits per heavy atom. The number of phenols is 1. The Balaban J connectivity index is 2.15. The van der Waals surface area contributed by atoms with Gasteiger partial charge in [0.25, 0.3) is 0 Å². The van der Waals surface area contributed by atoms with E-state index in [9.17, 15) is 9.90 Å². The average molecular weight is 318 g/mol. The monoisotopic (exact) mass is 318 g/mol. The number of phenolic OH excluding ortho intramolecular Hbond substituents is 1. The van der Waals surface area contributed by atoms with Crippen molar-refractivity contribution in [3.05, 3.63) is 69.9 Å². The minimum Gasteiger partial charge on any atom is -0.508 e. The van der Waals surface area contributed by atoms with Crippen LogP contribution in [-0.2, 0) is 0 Å². The van der Waals surface area contributed by atoms with Gasteiger partial charge in [0.05, 0.1) is 0 Å². The summed E-state index contributed by atoms with van der Waals surface area (Å²) in [6.07, 6.45) is 5.32. The number of hydrogen-bond acceptors (Lipinski definition) is 3. The minimum absolute atomic E-state index is 0.0840. The van der Waals surface area contributed by atoms with Crippen LogP contribution >= 0.6 is 0 Å². The number of aromatic hydroxyl groups is 1. The van der Waals surface area contributed by atoms with Gasteiger partial charge in [0.1, 0.15) is 17.1 Å². The summed E-state index contributed by atoms with van der Waals surface area (Å²) in [5.41, 5.74) is 5.02. The Hall–Kier alpha value is -2.81. The van der Waals surface area contributed by atoms with Crippen LogP contribution in [0, 0.1) is 5.92 Å².